The minimum Gasteiger partial charge on any atom is -0.501 e. The van der Waals surface area contributed by atoms with Crippen molar-refractivity contribution in [3.05, 3.63) is 46.7 Å². The molecule has 1 atom stereocenters. The van der Waals surface area contributed by atoms with Crippen molar-refractivity contribution in [2.24, 2.45) is 0 Å². The summed E-state index contributed by atoms with van der Waals surface area (Å²) < 4.78 is 5.32. The molecule has 0 amide bonds. The van der Waals surface area contributed by atoms with Crippen molar-refractivity contribution in [1.82, 2.24) is 0 Å². The molecule has 0 saturated carbocycles. The maximum atomic E-state index is 10.7. The largest absolute Gasteiger partial charge is 0.501 e. The molecule has 0 radical (unpaired) electrons. The Kier molecular flexibility index (Phi) is 3.25. The Hall–Kier alpha value is -1.28. The fourth-order valence-corrected chi connectivity index (χ4v) is 2.15. The van der Waals surface area contributed by atoms with E-state index < -0.39 is 5.60 Å². The van der Waals surface area contributed by atoms with Gasteiger partial charge in [0.25, 0.3) is 0 Å². The first-order valence-electron chi connectivity index (χ1n) is 6.13. The van der Waals surface area contributed by atoms with Crippen molar-refractivity contribution in [2.75, 3.05) is 6.61 Å². The Bertz CT molecular complexity index is 444. The molecule has 92 valence electrons. The van der Waals surface area contributed by atoms with Gasteiger partial charge in [0.2, 0.25) is 0 Å². The average Bonchev–Trinajstić information content (AvgIpc) is 2.33. The van der Waals surface area contributed by atoms with E-state index in [4.69, 9.17) is 4.74 Å². The summed E-state index contributed by atoms with van der Waals surface area (Å²) in [6.45, 7) is 6.75. The summed E-state index contributed by atoms with van der Waals surface area (Å²) in [5.41, 5.74) is 3.45. The molecule has 1 unspecified atom stereocenters. The predicted molar refractivity (Wildman–Crippen MR) is 68.8 cm³/mol. The molecule has 2 nitrogen and oxygen atoms in total. The second-order valence-electron chi connectivity index (χ2n) is 4.99. The van der Waals surface area contributed by atoms with Gasteiger partial charge < -0.3 is 9.84 Å². The number of aryl methyl sites for hydroxylation is 2. The number of benzene rings is 1. The highest BCUT2D eigenvalue weighted by molar-refractivity contribution is 5.37. The Morgan fingerprint density at radius 3 is 2.59 bits per heavy atom. The lowest BCUT2D eigenvalue weighted by molar-refractivity contribution is 0.0785. The van der Waals surface area contributed by atoms with Gasteiger partial charge in [-0.1, -0.05) is 18.2 Å². The molecule has 2 rings (SSSR count). The number of hydrogen-bond acceptors (Lipinski definition) is 2. The summed E-state index contributed by atoms with van der Waals surface area (Å²) in [6.07, 6.45) is 3.60. The van der Waals surface area contributed by atoms with E-state index in [0.717, 1.165) is 30.6 Å². The van der Waals surface area contributed by atoms with Crippen LogP contribution in [0.1, 0.15) is 36.5 Å². The van der Waals surface area contributed by atoms with E-state index in [1.54, 1.807) is 6.26 Å². The standard InChI is InChI=1S/C15H20O2/c1-11-6-7-13(9-12(11)2)15(3,16)14-5-4-8-17-10-14/h6-7,9-10,16H,4-5,8H2,1-3H3. The Morgan fingerprint density at radius 1 is 1.24 bits per heavy atom. The minimum absolute atomic E-state index is 0.756. The van der Waals surface area contributed by atoms with E-state index in [-0.39, 0.29) is 0 Å². The van der Waals surface area contributed by atoms with Crippen LogP contribution < -0.4 is 0 Å². The van der Waals surface area contributed by atoms with Crippen LogP contribution in [0, 0.1) is 13.8 Å². The molecule has 1 aliphatic rings. The van der Waals surface area contributed by atoms with Gasteiger partial charge in [0, 0.05) is 0 Å². The van der Waals surface area contributed by atoms with E-state index in [1.807, 2.05) is 13.0 Å². The first kappa shape index (κ1) is 12.2. The zero-order valence-electron chi connectivity index (χ0n) is 10.8. The fraction of sp³-hybridized carbons (Fsp3) is 0.467. The topological polar surface area (TPSA) is 29.5 Å². The number of aliphatic hydroxyl groups is 1. The minimum atomic E-state index is -0.918. The van der Waals surface area contributed by atoms with Crippen LogP contribution >= 0.6 is 0 Å². The van der Waals surface area contributed by atoms with Gasteiger partial charge in [0.1, 0.15) is 5.60 Å². The summed E-state index contributed by atoms with van der Waals surface area (Å²) in [4.78, 5) is 0. The van der Waals surface area contributed by atoms with Gasteiger partial charge in [0.05, 0.1) is 12.9 Å². The zero-order chi connectivity index (χ0) is 12.5. The maximum absolute atomic E-state index is 10.7. The van der Waals surface area contributed by atoms with Crippen molar-refractivity contribution in [1.29, 1.82) is 0 Å². The Labute approximate surface area is 103 Å². The summed E-state index contributed by atoms with van der Waals surface area (Å²) in [5, 5.41) is 10.7. The normalized spacial score (nSPS) is 19.2. The molecule has 1 heterocycles. The Morgan fingerprint density at radius 2 is 2.00 bits per heavy atom. The third kappa shape index (κ3) is 2.37. The lowest BCUT2D eigenvalue weighted by Crippen LogP contribution is -2.26. The predicted octanol–water partition coefficient (Wildman–Crippen LogP) is 3.21. The molecule has 0 spiro atoms. The van der Waals surface area contributed by atoms with Crippen LogP contribution in [0.5, 0.6) is 0 Å². The first-order chi connectivity index (χ1) is 8.01. The SMILES string of the molecule is Cc1ccc(C(C)(O)C2=COCCC2)cc1C. The second-order valence-corrected chi connectivity index (χ2v) is 4.99. The van der Waals surface area contributed by atoms with Crippen LogP contribution in [0.25, 0.3) is 0 Å². The first-order valence-corrected chi connectivity index (χ1v) is 6.13. The van der Waals surface area contributed by atoms with Gasteiger partial charge in [-0.05, 0) is 55.9 Å². The molecule has 1 aromatic carbocycles. The molecular weight excluding hydrogens is 212 g/mol. The molecule has 1 aromatic rings. The maximum Gasteiger partial charge on any atom is 0.111 e. The number of rotatable bonds is 2. The highest BCUT2D eigenvalue weighted by Gasteiger charge is 2.29. The van der Waals surface area contributed by atoms with Crippen LogP contribution in [-0.2, 0) is 10.3 Å². The van der Waals surface area contributed by atoms with Crippen molar-refractivity contribution in [3.8, 4) is 0 Å². The fourth-order valence-electron chi connectivity index (χ4n) is 2.15. The number of hydrogen-bond donors (Lipinski definition) is 1. The van der Waals surface area contributed by atoms with E-state index in [9.17, 15) is 5.11 Å². The molecule has 0 bridgehead atoms. The summed E-state index contributed by atoms with van der Waals surface area (Å²) in [5.74, 6) is 0. The average molecular weight is 232 g/mol. The van der Waals surface area contributed by atoms with Gasteiger partial charge in [-0.25, -0.2) is 0 Å². The highest BCUT2D eigenvalue weighted by Crippen LogP contribution is 2.34. The molecule has 0 saturated heterocycles. The lowest BCUT2D eigenvalue weighted by atomic mass is 9.84. The van der Waals surface area contributed by atoms with Crippen molar-refractivity contribution >= 4 is 0 Å². The van der Waals surface area contributed by atoms with Crippen LogP contribution in [0.3, 0.4) is 0 Å². The summed E-state index contributed by atoms with van der Waals surface area (Å²) in [6, 6.07) is 6.12. The Balaban J connectivity index is 2.36. The highest BCUT2D eigenvalue weighted by atomic mass is 16.5. The van der Waals surface area contributed by atoms with Crippen LogP contribution in [0.4, 0.5) is 0 Å². The van der Waals surface area contributed by atoms with Crippen molar-refractivity contribution < 1.29 is 9.84 Å². The molecule has 17 heavy (non-hydrogen) atoms. The zero-order valence-corrected chi connectivity index (χ0v) is 10.8. The molecule has 0 fully saturated rings. The van der Waals surface area contributed by atoms with Gasteiger partial charge in [0.15, 0.2) is 0 Å². The van der Waals surface area contributed by atoms with E-state index >= 15 is 0 Å². The van der Waals surface area contributed by atoms with Crippen LogP contribution in [-0.4, -0.2) is 11.7 Å². The lowest BCUT2D eigenvalue weighted by Gasteiger charge is -2.29. The third-order valence-corrected chi connectivity index (χ3v) is 3.63. The molecule has 0 aliphatic carbocycles. The monoisotopic (exact) mass is 232 g/mol. The van der Waals surface area contributed by atoms with E-state index in [1.165, 1.54) is 11.1 Å². The number of ether oxygens (including phenoxy) is 1. The van der Waals surface area contributed by atoms with Crippen LogP contribution in [0.2, 0.25) is 0 Å². The molecule has 2 heteroatoms. The van der Waals surface area contributed by atoms with Gasteiger partial charge in [-0.15, -0.1) is 0 Å². The molecule has 0 aromatic heterocycles. The molecule has 1 N–H and O–H groups in total. The quantitative estimate of drug-likeness (QED) is 0.848. The van der Waals surface area contributed by atoms with Crippen molar-refractivity contribution in [2.45, 2.75) is 39.2 Å². The van der Waals surface area contributed by atoms with Crippen LogP contribution in [0.15, 0.2) is 30.0 Å². The smallest absolute Gasteiger partial charge is 0.111 e. The van der Waals surface area contributed by atoms with Gasteiger partial charge in [-0.3, -0.25) is 0 Å². The van der Waals surface area contributed by atoms with E-state index in [0.29, 0.717) is 0 Å². The summed E-state index contributed by atoms with van der Waals surface area (Å²) in [7, 11) is 0. The third-order valence-electron chi connectivity index (χ3n) is 3.63. The summed E-state index contributed by atoms with van der Waals surface area (Å²) >= 11 is 0. The second kappa shape index (κ2) is 4.53. The van der Waals surface area contributed by atoms with E-state index in [2.05, 4.69) is 26.0 Å². The molecule has 1 aliphatic heterocycles. The van der Waals surface area contributed by atoms with Gasteiger partial charge >= 0.3 is 0 Å². The van der Waals surface area contributed by atoms with Crippen molar-refractivity contribution in [3.63, 3.8) is 0 Å². The molecular formula is C15H20O2. The van der Waals surface area contributed by atoms with Gasteiger partial charge in [-0.2, -0.15) is 0 Å².